The van der Waals surface area contributed by atoms with Gasteiger partial charge in [-0.25, -0.2) is 0 Å². The largest absolute Gasteiger partial charge is 0.481 e. The summed E-state index contributed by atoms with van der Waals surface area (Å²) in [7, 11) is 0. The lowest BCUT2D eigenvalue weighted by atomic mass is 9.95. The minimum atomic E-state index is -0.919. The number of rotatable bonds is 7. The number of nitrogens with one attached hydrogen (secondary N) is 2. The van der Waals surface area contributed by atoms with Crippen LogP contribution in [0.3, 0.4) is 0 Å². The lowest BCUT2D eigenvalue weighted by Gasteiger charge is -2.14. The summed E-state index contributed by atoms with van der Waals surface area (Å²) in [5.74, 6) is -1.39. The molecule has 7 heteroatoms. The zero-order valence-electron chi connectivity index (χ0n) is 15.8. The monoisotopic (exact) mass is 400 g/mol. The molecule has 1 aromatic heterocycles. The Morgan fingerprint density at radius 1 is 1.07 bits per heavy atom. The van der Waals surface area contributed by atoms with Crippen LogP contribution in [0.4, 0.5) is 10.7 Å². The van der Waals surface area contributed by atoms with Crippen molar-refractivity contribution in [3.63, 3.8) is 0 Å². The summed E-state index contributed by atoms with van der Waals surface area (Å²) in [6.45, 7) is 1.93. The van der Waals surface area contributed by atoms with Gasteiger partial charge in [0.15, 0.2) is 0 Å². The zero-order chi connectivity index (χ0) is 20.1. The van der Waals surface area contributed by atoms with E-state index in [-0.39, 0.29) is 31.1 Å². The van der Waals surface area contributed by atoms with Crippen molar-refractivity contribution >= 4 is 39.8 Å². The van der Waals surface area contributed by atoms with E-state index in [0.29, 0.717) is 10.6 Å². The molecule has 3 N–H and O–H groups in total. The highest BCUT2D eigenvalue weighted by Gasteiger charge is 2.26. The van der Waals surface area contributed by atoms with Crippen LogP contribution in [0.1, 0.15) is 58.5 Å². The first kappa shape index (κ1) is 20.1. The number of para-hydroxylation sites is 1. The van der Waals surface area contributed by atoms with Gasteiger partial charge in [-0.3, -0.25) is 14.4 Å². The number of thiophene rings is 1. The molecule has 0 spiro atoms. The second-order valence-electron chi connectivity index (χ2n) is 6.98. The fourth-order valence-electron chi connectivity index (χ4n) is 3.38. The van der Waals surface area contributed by atoms with Crippen molar-refractivity contribution in [2.75, 3.05) is 10.6 Å². The van der Waals surface area contributed by atoms with E-state index >= 15 is 0 Å². The summed E-state index contributed by atoms with van der Waals surface area (Å²) in [5, 5.41) is 15.1. The molecule has 1 aliphatic carbocycles. The number of hydrogen-bond donors (Lipinski definition) is 3. The average molecular weight is 401 g/mol. The number of carbonyl (C=O) groups excluding carboxylic acids is 2. The summed E-state index contributed by atoms with van der Waals surface area (Å²) in [4.78, 5) is 37.1. The number of carbonyl (C=O) groups is 3. The van der Waals surface area contributed by atoms with Gasteiger partial charge in [-0.2, -0.15) is 0 Å². The molecule has 1 aromatic carbocycles. The Bertz CT molecular complexity index is 904. The van der Waals surface area contributed by atoms with Crippen LogP contribution < -0.4 is 10.6 Å². The predicted octanol–water partition coefficient (Wildman–Crippen LogP) is 4.38. The Labute approximate surface area is 168 Å². The first-order chi connectivity index (χ1) is 13.5. The molecule has 1 aliphatic rings. The van der Waals surface area contributed by atoms with E-state index < -0.39 is 5.97 Å². The standard InChI is InChI=1S/C21H24N2O4S/c1-13-7-2-4-9-15(13)22-20(27)19-14-8-3-5-10-16(14)28-21(19)23-17(24)11-6-12-18(25)26/h2,4,7,9H,3,5-6,8,10-12H2,1H3,(H,22,27)(H,23,24)(H,25,26). The summed E-state index contributed by atoms with van der Waals surface area (Å²) in [6.07, 6.45) is 4.20. The second kappa shape index (κ2) is 9.01. The van der Waals surface area contributed by atoms with Gasteiger partial charge in [-0.1, -0.05) is 18.2 Å². The topological polar surface area (TPSA) is 95.5 Å². The Kier molecular flexibility index (Phi) is 6.46. The molecule has 28 heavy (non-hydrogen) atoms. The highest BCUT2D eigenvalue weighted by Crippen LogP contribution is 2.38. The smallest absolute Gasteiger partial charge is 0.303 e. The van der Waals surface area contributed by atoms with Crippen molar-refractivity contribution in [3.05, 3.63) is 45.8 Å². The number of anilines is 2. The van der Waals surface area contributed by atoms with E-state index in [1.54, 1.807) is 0 Å². The van der Waals surface area contributed by atoms with Crippen LogP contribution in [-0.2, 0) is 22.4 Å². The van der Waals surface area contributed by atoms with Gasteiger partial charge in [-0.05, 0) is 56.2 Å². The van der Waals surface area contributed by atoms with Gasteiger partial charge in [0.25, 0.3) is 5.91 Å². The summed E-state index contributed by atoms with van der Waals surface area (Å²) in [5.41, 5.74) is 3.30. The van der Waals surface area contributed by atoms with Crippen molar-refractivity contribution in [3.8, 4) is 0 Å². The van der Waals surface area contributed by atoms with Crippen LogP contribution in [0.25, 0.3) is 0 Å². The normalized spacial score (nSPS) is 12.9. The molecule has 3 rings (SSSR count). The molecular weight excluding hydrogens is 376 g/mol. The Balaban J connectivity index is 1.81. The van der Waals surface area contributed by atoms with Gasteiger partial charge in [0.05, 0.1) is 5.56 Å². The van der Waals surface area contributed by atoms with E-state index in [4.69, 9.17) is 5.11 Å². The molecule has 0 fully saturated rings. The van der Waals surface area contributed by atoms with Crippen LogP contribution in [0, 0.1) is 6.92 Å². The summed E-state index contributed by atoms with van der Waals surface area (Å²) >= 11 is 1.46. The van der Waals surface area contributed by atoms with Crippen molar-refractivity contribution in [1.82, 2.24) is 0 Å². The maximum Gasteiger partial charge on any atom is 0.303 e. The van der Waals surface area contributed by atoms with Gasteiger partial charge in [0, 0.05) is 23.4 Å². The lowest BCUT2D eigenvalue weighted by molar-refractivity contribution is -0.137. The quantitative estimate of drug-likeness (QED) is 0.643. The number of amides is 2. The maximum atomic E-state index is 13.1. The molecule has 1 heterocycles. The van der Waals surface area contributed by atoms with Crippen LogP contribution >= 0.6 is 11.3 Å². The van der Waals surface area contributed by atoms with Gasteiger partial charge in [0.1, 0.15) is 5.00 Å². The summed E-state index contributed by atoms with van der Waals surface area (Å²) in [6, 6.07) is 7.58. The molecule has 0 atom stereocenters. The van der Waals surface area contributed by atoms with E-state index in [1.165, 1.54) is 11.3 Å². The molecule has 0 bridgehead atoms. The molecule has 0 radical (unpaired) electrons. The molecule has 0 saturated heterocycles. The van der Waals surface area contributed by atoms with Gasteiger partial charge < -0.3 is 15.7 Å². The highest BCUT2D eigenvalue weighted by molar-refractivity contribution is 7.17. The number of carboxylic acid groups (broad SMARTS) is 1. The van der Waals surface area contributed by atoms with Gasteiger partial charge in [-0.15, -0.1) is 11.3 Å². The third kappa shape index (κ3) is 4.78. The van der Waals surface area contributed by atoms with Gasteiger partial charge in [0.2, 0.25) is 5.91 Å². The molecule has 2 amide bonds. The first-order valence-electron chi connectivity index (χ1n) is 9.49. The summed E-state index contributed by atoms with van der Waals surface area (Å²) < 4.78 is 0. The molecular formula is C21H24N2O4S. The molecule has 0 aliphatic heterocycles. The third-order valence-corrected chi connectivity index (χ3v) is 6.05. The third-order valence-electron chi connectivity index (χ3n) is 4.84. The van der Waals surface area contributed by atoms with E-state index in [0.717, 1.165) is 47.4 Å². The predicted molar refractivity (Wildman–Crippen MR) is 110 cm³/mol. The molecule has 0 saturated carbocycles. The van der Waals surface area contributed by atoms with Crippen molar-refractivity contribution in [2.45, 2.75) is 51.9 Å². The highest BCUT2D eigenvalue weighted by atomic mass is 32.1. The van der Waals surface area contributed by atoms with Crippen LogP contribution in [-0.4, -0.2) is 22.9 Å². The Hall–Kier alpha value is -2.67. The Morgan fingerprint density at radius 3 is 2.57 bits per heavy atom. The van der Waals surface area contributed by atoms with E-state index in [9.17, 15) is 14.4 Å². The molecule has 148 valence electrons. The number of hydrogen-bond acceptors (Lipinski definition) is 4. The first-order valence-corrected chi connectivity index (χ1v) is 10.3. The fourth-order valence-corrected chi connectivity index (χ4v) is 4.68. The molecule has 2 aromatic rings. The van der Waals surface area contributed by atoms with Crippen molar-refractivity contribution < 1.29 is 19.5 Å². The number of carboxylic acids is 1. The number of benzene rings is 1. The fraction of sp³-hybridized carbons (Fsp3) is 0.381. The second-order valence-corrected chi connectivity index (χ2v) is 8.08. The minimum Gasteiger partial charge on any atom is -0.481 e. The van der Waals surface area contributed by atoms with Gasteiger partial charge >= 0.3 is 5.97 Å². The number of aliphatic carboxylic acids is 1. The maximum absolute atomic E-state index is 13.1. The molecule has 6 nitrogen and oxygen atoms in total. The van der Waals surface area contributed by atoms with Crippen molar-refractivity contribution in [2.24, 2.45) is 0 Å². The van der Waals surface area contributed by atoms with E-state index in [2.05, 4.69) is 10.6 Å². The lowest BCUT2D eigenvalue weighted by Crippen LogP contribution is -2.19. The molecule has 0 unspecified atom stereocenters. The van der Waals surface area contributed by atoms with Crippen LogP contribution in [0.5, 0.6) is 0 Å². The number of aryl methyl sites for hydroxylation is 2. The van der Waals surface area contributed by atoms with Crippen LogP contribution in [0.15, 0.2) is 24.3 Å². The number of fused-ring (bicyclic) bond motifs is 1. The van der Waals surface area contributed by atoms with Crippen molar-refractivity contribution in [1.29, 1.82) is 0 Å². The zero-order valence-corrected chi connectivity index (χ0v) is 16.7. The SMILES string of the molecule is Cc1ccccc1NC(=O)c1c(NC(=O)CCCC(=O)O)sc2c1CCCC2. The average Bonchev–Trinajstić information content (AvgIpc) is 3.01. The Morgan fingerprint density at radius 2 is 1.82 bits per heavy atom. The van der Waals surface area contributed by atoms with Crippen LogP contribution in [0.2, 0.25) is 0 Å². The van der Waals surface area contributed by atoms with E-state index in [1.807, 2.05) is 31.2 Å². The minimum absolute atomic E-state index is 0.0466.